The average molecular weight is 411 g/mol. The van der Waals surface area contributed by atoms with Gasteiger partial charge in [-0.3, -0.25) is 4.79 Å². The van der Waals surface area contributed by atoms with Gasteiger partial charge in [-0.25, -0.2) is 0 Å². The normalized spacial score (nSPS) is 14.2. The Bertz CT molecular complexity index is 964. The molecule has 0 saturated heterocycles. The third-order valence-electron chi connectivity index (χ3n) is 4.81. The highest BCUT2D eigenvalue weighted by atomic mass is 32.2. The molecule has 3 heterocycles. The summed E-state index contributed by atoms with van der Waals surface area (Å²) in [5.41, 5.74) is 2.57. The molecule has 0 aliphatic carbocycles. The van der Waals surface area contributed by atoms with Gasteiger partial charge in [0.1, 0.15) is 0 Å². The fraction of sp³-hybridized carbons (Fsp3) is 0.286. The largest absolute Gasteiger partial charge is 0.338 e. The van der Waals surface area contributed by atoms with Gasteiger partial charge in [0, 0.05) is 19.6 Å². The molecule has 1 aromatic carbocycles. The molecule has 0 radical (unpaired) electrons. The highest BCUT2D eigenvalue weighted by Crippen LogP contribution is 2.28. The van der Waals surface area contributed by atoms with E-state index in [1.165, 1.54) is 22.9 Å². The molecule has 0 fully saturated rings. The van der Waals surface area contributed by atoms with Gasteiger partial charge in [0.15, 0.2) is 11.0 Å². The van der Waals surface area contributed by atoms with Gasteiger partial charge in [0.05, 0.1) is 10.6 Å². The molecule has 0 N–H and O–H groups in total. The highest BCUT2D eigenvalue weighted by Gasteiger charge is 2.20. The Balaban J connectivity index is 1.37. The van der Waals surface area contributed by atoms with Crippen molar-refractivity contribution in [2.75, 3.05) is 18.8 Å². The minimum Gasteiger partial charge on any atom is -0.338 e. The molecule has 0 saturated carbocycles. The fourth-order valence-electron chi connectivity index (χ4n) is 3.30. The summed E-state index contributed by atoms with van der Waals surface area (Å²) >= 11 is 3.12. The molecule has 4 rings (SSSR count). The minimum atomic E-state index is 0.150. The number of aromatic nitrogens is 3. The van der Waals surface area contributed by atoms with Gasteiger partial charge in [0.25, 0.3) is 0 Å². The lowest BCUT2D eigenvalue weighted by atomic mass is 10.00. The van der Waals surface area contributed by atoms with Crippen LogP contribution in [0.15, 0.2) is 59.1 Å². The molecule has 0 bridgehead atoms. The number of hydrogen-bond acceptors (Lipinski definition) is 5. The van der Waals surface area contributed by atoms with Crippen LogP contribution < -0.4 is 0 Å². The molecule has 28 heavy (non-hydrogen) atoms. The maximum atomic E-state index is 12.7. The SMILES string of the molecule is CCn1c(SCC(=O)N2CC=C(c3ccccc3)CC2)nnc1-c1cccs1. The summed E-state index contributed by atoms with van der Waals surface area (Å²) in [4.78, 5) is 15.7. The van der Waals surface area contributed by atoms with E-state index in [0.717, 1.165) is 35.4 Å². The van der Waals surface area contributed by atoms with E-state index >= 15 is 0 Å². The third-order valence-corrected chi connectivity index (χ3v) is 6.62. The second kappa shape index (κ2) is 8.75. The van der Waals surface area contributed by atoms with E-state index in [9.17, 15) is 4.79 Å². The maximum Gasteiger partial charge on any atom is 0.233 e. The van der Waals surface area contributed by atoms with Crippen LogP contribution in [0.4, 0.5) is 0 Å². The maximum absolute atomic E-state index is 12.7. The summed E-state index contributed by atoms with van der Waals surface area (Å²) in [6.45, 7) is 4.29. The number of rotatable bonds is 6. The smallest absolute Gasteiger partial charge is 0.233 e. The van der Waals surface area contributed by atoms with Crippen LogP contribution in [-0.2, 0) is 11.3 Å². The number of nitrogens with zero attached hydrogens (tertiary/aromatic N) is 4. The Kier molecular flexibility index (Phi) is 5.92. The fourth-order valence-corrected chi connectivity index (χ4v) is 4.92. The van der Waals surface area contributed by atoms with Crippen molar-refractivity contribution in [2.24, 2.45) is 0 Å². The first-order chi connectivity index (χ1) is 13.8. The number of carbonyl (C=O) groups is 1. The van der Waals surface area contributed by atoms with Crippen molar-refractivity contribution >= 4 is 34.6 Å². The topological polar surface area (TPSA) is 51.0 Å². The summed E-state index contributed by atoms with van der Waals surface area (Å²) in [6.07, 6.45) is 3.07. The lowest BCUT2D eigenvalue weighted by molar-refractivity contribution is -0.127. The lowest BCUT2D eigenvalue weighted by Crippen LogP contribution is -2.35. The summed E-state index contributed by atoms with van der Waals surface area (Å²) in [5.74, 6) is 1.41. The van der Waals surface area contributed by atoms with Crippen LogP contribution in [0.3, 0.4) is 0 Å². The average Bonchev–Trinajstić information content (AvgIpc) is 3.42. The van der Waals surface area contributed by atoms with Crippen LogP contribution in [0.1, 0.15) is 18.9 Å². The number of benzene rings is 1. The first-order valence-corrected chi connectivity index (χ1v) is 11.2. The molecule has 5 nitrogen and oxygen atoms in total. The summed E-state index contributed by atoms with van der Waals surface area (Å²) in [7, 11) is 0. The first kappa shape index (κ1) is 19.0. The Hall–Kier alpha value is -2.38. The monoisotopic (exact) mass is 410 g/mol. The molecular formula is C21H22N4OS2. The predicted molar refractivity (Wildman–Crippen MR) is 115 cm³/mol. The first-order valence-electron chi connectivity index (χ1n) is 9.38. The van der Waals surface area contributed by atoms with Crippen molar-refractivity contribution in [3.63, 3.8) is 0 Å². The predicted octanol–water partition coefficient (Wildman–Crippen LogP) is 4.43. The van der Waals surface area contributed by atoms with Gasteiger partial charge in [-0.15, -0.1) is 21.5 Å². The van der Waals surface area contributed by atoms with Crippen LogP contribution in [0.5, 0.6) is 0 Å². The number of hydrogen-bond donors (Lipinski definition) is 0. The van der Waals surface area contributed by atoms with Gasteiger partial charge in [-0.05, 0) is 35.9 Å². The second-order valence-corrected chi connectivity index (χ2v) is 8.39. The van der Waals surface area contributed by atoms with Gasteiger partial charge in [-0.2, -0.15) is 0 Å². The standard InChI is InChI=1S/C21H22N4OS2/c1-2-25-20(18-9-6-14-27-18)22-23-21(25)28-15-19(26)24-12-10-17(11-13-24)16-7-4-3-5-8-16/h3-10,14H,2,11-13,15H2,1H3. The number of thiophene rings is 1. The van der Waals surface area contributed by atoms with E-state index in [1.807, 2.05) is 28.5 Å². The molecule has 0 spiro atoms. The summed E-state index contributed by atoms with van der Waals surface area (Å²) in [5, 5.41) is 11.5. The number of amides is 1. The van der Waals surface area contributed by atoms with E-state index in [0.29, 0.717) is 12.3 Å². The number of thioether (sulfide) groups is 1. The van der Waals surface area contributed by atoms with Crippen LogP contribution >= 0.6 is 23.1 Å². The van der Waals surface area contributed by atoms with Crippen molar-refractivity contribution in [1.82, 2.24) is 19.7 Å². The highest BCUT2D eigenvalue weighted by molar-refractivity contribution is 7.99. The third kappa shape index (κ3) is 4.05. The molecule has 3 aromatic rings. The molecule has 1 amide bonds. The van der Waals surface area contributed by atoms with Crippen LogP contribution in [0, 0.1) is 0 Å². The minimum absolute atomic E-state index is 0.150. The van der Waals surface area contributed by atoms with Crippen LogP contribution in [0.2, 0.25) is 0 Å². The second-order valence-electron chi connectivity index (χ2n) is 6.50. The van der Waals surface area contributed by atoms with Gasteiger partial charge >= 0.3 is 0 Å². The van der Waals surface area contributed by atoms with E-state index in [-0.39, 0.29) is 5.91 Å². The Morgan fingerprint density at radius 2 is 2.04 bits per heavy atom. The van der Waals surface area contributed by atoms with E-state index in [2.05, 4.69) is 52.0 Å². The zero-order valence-electron chi connectivity index (χ0n) is 15.7. The molecule has 0 unspecified atom stereocenters. The Morgan fingerprint density at radius 1 is 1.18 bits per heavy atom. The van der Waals surface area contributed by atoms with Crippen molar-refractivity contribution in [3.8, 4) is 10.7 Å². The van der Waals surface area contributed by atoms with Crippen molar-refractivity contribution < 1.29 is 4.79 Å². The molecular weight excluding hydrogens is 388 g/mol. The Labute approximate surface area is 173 Å². The molecule has 144 valence electrons. The summed E-state index contributed by atoms with van der Waals surface area (Å²) in [6, 6.07) is 14.4. The van der Waals surface area contributed by atoms with Crippen molar-refractivity contribution in [3.05, 3.63) is 59.5 Å². The zero-order chi connectivity index (χ0) is 19.3. The molecule has 7 heteroatoms. The van der Waals surface area contributed by atoms with Gasteiger partial charge < -0.3 is 9.47 Å². The van der Waals surface area contributed by atoms with E-state index in [4.69, 9.17) is 0 Å². The van der Waals surface area contributed by atoms with Gasteiger partial charge in [-0.1, -0.05) is 54.2 Å². The van der Waals surface area contributed by atoms with Crippen LogP contribution in [-0.4, -0.2) is 44.4 Å². The van der Waals surface area contributed by atoms with E-state index in [1.54, 1.807) is 11.3 Å². The quantitative estimate of drug-likeness (QED) is 0.564. The summed E-state index contributed by atoms with van der Waals surface area (Å²) < 4.78 is 2.08. The molecule has 1 aliphatic heterocycles. The van der Waals surface area contributed by atoms with E-state index < -0.39 is 0 Å². The number of carbonyl (C=O) groups excluding carboxylic acids is 1. The van der Waals surface area contributed by atoms with Crippen molar-refractivity contribution in [1.29, 1.82) is 0 Å². The lowest BCUT2D eigenvalue weighted by Gasteiger charge is -2.26. The molecule has 0 atom stereocenters. The van der Waals surface area contributed by atoms with Crippen LogP contribution in [0.25, 0.3) is 16.3 Å². The molecule has 2 aromatic heterocycles. The van der Waals surface area contributed by atoms with Crippen molar-refractivity contribution in [2.45, 2.75) is 25.0 Å². The molecule has 1 aliphatic rings. The van der Waals surface area contributed by atoms with Gasteiger partial charge in [0.2, 0.25) is 5.91 Å². The zero-order valence-corrected chi connectivity index (χ0v) is 17.4. The Morgan fingerprint density at radius 3 is 2.71 bits per heavy atom.